The van der Waals surface area contributed by atoms with E-state index in [1.54, 1.807) is 12.1 Å². The van der Waals surface area contributed by atoms with Gasteiger partial charge in [-0.1, -0.05) is 6.07 Å². The Labute approximate surface area is 261 Å². The van der Waals surface area contributed by atoms with E-state index in [0.717, 1.165) is 31.0 Å². The third kappa shape index (κ3) is 5.38. The quantitative estimate of drug-likeness (QED) is 0.234. The van der Waals surface area contributed by atoms with Gasteiger partial charge in [0.1, 0.15) is 40.5 Å². The van der Waals surface area contributed by atoms with Gasteiger partial charge in [0.05, 0.1) is 19.3 Å². The van der Waals surface area contributed by atoms with Crippen molar-refractivity contribution in [3.63, 3.8) is 0 Å². The van der Waals surface area contributed by atoms with Gasteiger partial charge in [0.25, 0.3) is 5.91 Å². The summed E-state index contributed by atoms with van der Waals surface area (Å²) in [5.74, 6) is -1.69. The Morgan fingerprint density at radius 3 is 2.46 bits per heavy atom. The minimum absolute atomic E-state index is 0.0259. The average molecular weight is 639 g/mol. The van der Waals surface area contributed by atoms with Crippen molar-refractivity contribution in [2.45, 2.75) is 49.4 Å². The van der Waals surface area contributed by atoms with Gasteiger partial charge in [0.2, 0.25) is 11.5 Å². The van der Waals surface area contributed by atoms with Gasteiger partial charge in [0, 0.05) is 33.8 Å². The molecule has 2 aromatic heterocycles. The highest BCUT2D eigenvalue weighted by Gasteiger charge is 2.58. The number of benzene rings is 2. The molecule has 4 aromatic rings. The fraction of sp³-hybridized carbons (Fsp3) is 0.333. The molecule has 1 aliphatic carbocycles. The number of aromatic nitrogens is 2. The number of hydrogen-bond donors (Lipinski definition) is 3. The van der Waals surface area contributed by atoms with Crippen molar-refractivity contribution < 1.29 is 41.7 Å². The summed E-state index contributed by atoms with van der Waals surface area (Å²) in [6.07, 6.45) is -2.31. The lowest BCUT2D eigenvalue weighted by Gasteiger charge is -2.32. The first-order chi connectivity index (χ1) is 21.7. The van der Waals surface area contributed by atoms with Crippen molar-refractivity contribution in [1.29, 1.82) is 0 Å². The molecule has 0 radical (unpaired) electrons. The molecule has 2 aliphatic rings. The summed E-state index contributed by atoms with van der Waals surface area (Å²) < 4.78 is 69.6. The summed E-state index contributed by atoms with van der Waals surface area (Å²) in [5, 5.41) is 17.1. The molecular weight excluding hydrogens is 608 g/mol. The molecule has 3 N–H and O–H groups in total. The molecule has 1 unspecified atom stereocenters. The summed E-state index contributed by atoms with van der Waals surface area (Å²) in [5.41, 5.74) is -5.89. The Hall–Kier alpha value is -4.78. The normalized spacial score (nSPS) is 19.5. The number of amides is 2. The number of hydrogen-bond acceptors (Lipinski definition) is 7. The van der Waals surface area contributed by atoms with Gasteiger partial charge in [-0.05, 0) is 75.2 Å². The molecule has 0 spiro atoms. The Morgan fingerprint density at radius 2 is 1.80 bits per heavy atom. The van der Waals surface area contributed by atoms with Crippen LogP contribution in [0.15, 0.2) is 60.8 Å². The molecule has 3 heterocycles. The van der Waals surface area contributed by atoms with E-state index in [1.165, 1.54) is 44.5 Å². The SMILES string of the molecule is COc1cc(C(=O)NCC(O)(c2cc3c(c(-c4ccc(F)cc4)n2)OC[C@]3(C)C(=O)NC2(C)CC2)C(F)(F)F)cc2cccnc12. The summed E-state index contributed by atoms with van der Waals surface area (Å²) >= 11 is 0. The lowest BCUT2D eigenvalue weighted by molar-refractivity contribution is -0.265. The van der Waals surface area contributed by atoms with Gasteiger partial charge in [0.15, 0.2) is 0 Å². The predicted octanol–water partition coefficient (Wildman–Crippen LogP) is 4.94. The van der Waals surface area contributed by atoms with Crippen LogP contribution >= 0.6 is 0 Å². The molecule has 0 bridgehead atoms. The van der Waals surface area contributed by atoms with Crippen molar-refractivity contribution in [1.82, 2.24) is 20.6 Å². The monoisotopic (exact) mass is 638 g/mol. The summed E-state index contributed by atoms with van der Waals surface area (Å²) in [6, 6.07) is 11.9. The number of pyridine rings is 2. The van der Waals surface area contributed by atoms with E-state index in [2.05, 4.69) is 20.6 Å². The Bertz CT molecular complexity index is 1860. The van der Waals surface area contributed by atoms with Crippen LogP contribution in [0.5, 0.6) is 11.5 Å². The van der Waals surface area contributed by atoms with Gasteiger partial charge >= 0.3 is 6.18 Å². The second kappa shape index (κ2) is 10.9. The number of methoxy groups -OCH3 is 1. The number of alkyl halides is 3. The maximum absolute atomic E-state index is 14.9. The minimum Gasteiger partial charge on any atom is -0.494 e. The number of fused-ring (bicyclic) bond motifs is 2. The molecule has 0 saturated heterocycles. The third-order valence-corrected chi connectivity index (χ3v) is 8.66. The molecule has 240 valence electrons. The van der Waals surface area contributed by atoms with Crippen LogP contribution in [-0.4, -0.2) is 58.9 Å². The number of ether oxygens (including phenoxy) is 2. The van der Waals surface area contributed by atoms with Gasteiger partial charge in [-0.2, -0.15) is 13.2 Å². The molecular formula is C33H30F4N4O5. The van der Waals surface area contributed by atoms with Gasteiger partial charge in [-0.3, -0.25) is 14.6 Å². The number of nitrogens with one attached hydrogen (secondary N) is 2. The van der Waals surface area contributed by atoms with E-state index in [-0.39, 0.29) is 40.5 Å². The second-order valence-corrected chi connectivity index (χ2v) is 12.2. The molecule has 2 aromatic carbocycles. The molecule has 46 heavy (non-hydrogen) atoms. The van der Waals surface area contributed by atoms with Crippen LogP contribution in [0.4, 0.5) is 17.6 Å². The minimum atomic E-state index is -5.34. The summed E-state index contributed by atoms with van der Waals surface area (Å²) in [6.45, 7) is 1.87. The lowest BCUT2D eigenvalue weighted by atomic mass is 9.81. The second-order valence-electron chi connectivity index (χ2n) is 12.2. The highest BCUT2D eigenvalue weighted by molar-refractivity contribution is 6.00. The zero-order chi connectivity index (χ0) is 33.1. The predicted molar refractivity (Wildman–Crippen MR) is 159 cm³/mol. The number of carbonyl (C=O) groups excluding carboxylic acids is 2. The van der Waals surface area contributed by atoms with E-state index < -0.39 is 52.6 Å². The third-order valence-electron chi connectivity index (χ3n) is 8.66. The topological polar surface area (TPSA) is 123 Å². The van der Waals surface area contributed by atoms with E-state index in [9.17, 15) is 32.3 Å². The van der Waals surface area contributed by atoms with Gasteiger partial charge < -0.3 is 25.2 Å². The number of nitrogens with zero attached hydrogens (tertiary/aromatic N) is 2. The van der Waals surface area contributed by atoms with Crippen LogP contribution in [0.1, 0.15) is 48.3 Å². The summed E-state index contributed by atoms with van der Waals surface area (Å²) in [7, 11) is 1.37. The molecule has 1 aliphatic heterocycles. The number of rotatable bonds is 8. The highest BCUT2D eigenvalue weighted by Crippen LogP contribution is 2.48. The van der Waals surface area contributed by atoms with Crippen LogP contribution in [-0.2, 0) is 15.8 Å². The molecule has 1 fully saturated rings. The fourth-order valence-corrected chi connectivity index (χ4v) is 5.40. The fourth-order valence-electron chi connectivity index (χ4n) is 5.40. The highest BCUT2D eigenvalue weighted by atomic mass is 19.4. The van der Waals surface area contributed by atoms with Crippen LogP contribution in [0.25, 0.3) is 22.2 Å². The molecule has 1 saturated carbocycles. The molecule has 13 heteroatoms. The van der Waals surface area contributed by atoms with E-state index in [0.29, 0.717) is 10.9 Å². The lowest BCUT2D eigenvalue weighted by Crippen LogP contribution is -2.52. The van der Waals surface area contributed by atoms with E-state index in [4.69, 9.17) is 9.47 Å². The zero-order valence-electron chi connectivity index (χ0n) is 25.1. The molecule has 9 nitrogen and oxygen atoms in total. The van der Waals surface area contributed by atoms with Crippen LogP contribution < -0.4 is 20.1 Å². The van der Waals surface area contributed by atoms with Crippen molar-refractivity contribution in [2.75, 3.05) is 20.3 Å². The van der Waals surface area contributed by atoms with Crippen molar-refractivity contribution in [2.24, 2.45) is 0 Å². The standard InChI is InChI=1S/C33H30F4N4O5/c1-30(10-11-30)41-29(43)31(2)17-46-27-22(31)15-24(40-26(27)18-6-8-21(34)9-7-18)32(44,33(35,36)37)16-39-28(42)20-13-19-5-4-12-38-25(19)23(14-20)45-3/h4-9,12-15,44H,10-11,16-17H2,1-3H3,(H,39,42)(H,41,43)/t31-,32?/m0/s1. The average Bonchev–Trinajstić information content (AvgIpc) is 3.66. The Morgan fingerprint density at radius 1 is 1.09 bits per heavy atom. The first-order valence-electron chi connectivity index (χ1n) is 14.4. The van der Waals surface area contributed by atoms with Crippen molar-refractivity contribution in [3.05, 3.63) is 83.4 Å². The number of carbonyl (C=O) groups is 2. The van der Waals surface area contributed by atoms with Crippen LogP contribution in [0.3, 0.4) is 0 Å². The maximum Gasteiger partial charge on any atom is 0.424 e. The largest absolute Gasteiger partial charge is 0.494 e. The molecule has 6 rings (SSSR count). The Kier molecular flexibility index (Phi) is 7.42. The maximum atomic E-state index is 14.9. The first kappa shape index (κ1) is 31.2. The van der Waals surface area contributed by atoms with E-state index in [1.807, 2.05) is 6.92 Å². The number of aliphatic hydroxyl groups is 1. The van der Waals surface area contributed by atoms with Crippen molar-refractivity contribution in [3.8, 4) is 22.8 Å². The van der Waals surface area contributed by atoms with Gasteiger partial charge in [-0.15, -0.1) is 0 Å². The van der Waals surface area contributed by atoms with Crippen LogP contribution in [0.2, 0.25) is 0 Å². The number of halogens is 4. The molecule has 2 atom stereocenters. The van der Waals surface area contributed by atoms with Crippen LogP contribution in [0, 0.1) is 5.82 Å². The zero-order valence-corrected chi connectivity index (χ0v) is 25.1. The molecule has 2 amide bonds. The van der Waals surface area contributed by atoms with Gasteiger partial charge in [-0.25, -0.2) is 9.37 Å². The summed E-state index contributed by atoms with van der Waals surface area (Å²) in [4.78, 5) is 35.1. The van der Waals surface area contributed by atoms with E-state index >= 15 is 0 Å². The van der Waals surface area contributed by atoms with Crippen molar-refractivity contribution >= 4 is 22.7 Å². The smallest absolute Gasteiger partial charge is 0.424 e. The Balaban J connectivity index is 1.42. The first-order valence-corrected chi connectivity index (χ1v) is 14.4.